The van der Waals surface area contributed by atoms with E-state index in [1.807, 2.05) is 13.8 Å². The molecule has 0 radical (unpaired) electrons. The Bertz CT molecular complexity index is 649. The lowest BCUT2D eigenvalue weighted by Crippen LogP contribution is -2.48. The molecule has 0 aromatic carbocycles. The molecular formula is C15H20N4O3. The number of aromatic nitrogens is 2. The summed E-state index contributed by atoms with van der Waals surface area (Å²) in [6, 6.07) is 1.67. The number of rotatable bonds is 3. The van der Waals surface area contributed by atoms with Crippen LogP contribution in [0, 0.1) is 20.8 Å². The highest BCUT2D eigenvalue weighted by molar-refractivity contribution is 5.91. The van der Waals surface area contributed by atoms with Crippen molar-refractivity contribution in [3.63, 3.8) is 0 Å². The average molecular weight is 304 g/mol. The van der Waals surface area contributed by atoms with Crippen LogP contribution in [-0.2, 0) is 6.54 Å². The third kappa shape index (κ3) is 3.04. The fourth-order valence-corrected chi connectivity index (χ4v) is 2.53. The molecule has 2 aromatic heterocycles. The highest BCUT2D eigenvalue weighted by Crippen LogP contribution is 2.14. The first kappa shape index (κ1) is 14.8. The minimum Gasteiger partial charge on any atom is -0.444 e. The van der Waals surface area contributed by atoms with Crippen LogP contribution in [0.25, 0.3) is 0 Å². The summed E-state index contributed by atoms with van der Waals surface area (Å²) in [6.45, 7) is 9.25. The Balaban J connectivity index is 1.55. The molecule has 3 rings (SSSR count). The standard InChI is InChI=1S/C15H20N4O3/c1-10-8-13(22-17-10)15(20)19-6-4-18(5-7-19)9-14-16-11(2)12(3)21-14/h8H,4-7,9H2,1-3H3. The molecule has 0 saturated carbocycles. The van der Waals surface area contributed by atoms with E-state index in [1.165, 1.54) is 0 Å². The van der Waals surface area contributed by atoms with Crippen molar-refractivity contribution in [1.82, 2.24) is 19.9 Å². The normalized spacial score (nSPS) is 16.2. The third-order valence-electron chi connectivity index (χ3n) is 3.93. The molecule has 1 aliphatic heterocycles. The van der Waals surface area contributed by atoms with Gasteiger partial charge >= 0.3 is 0 Å². The van der Waals surface area contributed by atoms with Gasteiger partial charge in [0.1, 0.15) is 5.76 Å². The minimum atomic E-state index is -0.0944. The monoisotopic (exact) mass is 304 g/mol. The summed E-state index contributed by atoms with van der Waals surface area (Å²) in [5, 5.41) is 3.76. The smallest absolute Gasteiger partial charge is 0.292 e. The van der Waals surface area contributed by atoms with E-state index < -0.39 is 0 Å². The molecular weight excluding hydrogens is 284 g/mol. The number of nitrogens with zero attached hydrogens (tertiary/aromatic N) is 4. The lowest BCUT2D eigenvalue weighted by molar-refractivity contribution is 0.0578. The second-order valence-corrected chi connectivity index (χ2v) is 5.65. The molecule has 0 aliphatic carbocycles. The molecule has 1 aliphatic rings. The minimum absolute atomic E-state index is 0.0944. The quantitative estimate of drug-likeness (QED) is 0.856. The van der Waals surface area contributed by atoms with Crippen molar-refractivity contribution in [2.75, 3.05) is 26.2 Å². The summed E-state index contributed by atoms with van der Waals surface area (Å²) < 4.78 is 10.6. The molecule has 1 saturated heterocycles. The maximum atomic E-state index is 12.3. The maximum absolute atomic E-state index is 12.3. The van der Waals surface area contributed by atoms with Gasteiger partial charge < -0.3 is 13.8 Å². The number of oxazole rings is 1. The summed E-state index contributed by atoms with van der Waals surface area (Å²) in [5.41, 5.74) is 1.65. The zero-order chi connectivity index (χ0) is 15.7. The first-order valence-electron chi connectivity index (χ1n) is 7.41. The molecule has 2 aromatic rings. The second-order valence-electron chi connectivity index (χ2n) is 5.65. The van der Waals surface area contributed by atoms with E-state index in [9.17, 15) is 4.79 Å². The van der Waals surface area contributed by atoms with Crippen LogP contribution < -0.4 is 0 Å². The number of carbonyl (C=O) groups excluding carboxylic acids is 1. The van der Waals surface area contributed by atoms with Crippen molar-refractivity contribution < 1.29 is 13.7 Å². The van der Waals surface area contributed by atoms with Crippen molar-refractivity contribution in [3.8, 4) is 0 Å². The topological polar surface area (TPSA) is 75.6 Å². The Morgan fingerprint density at radius 1 is 1.23 bits per heavy atom. The predicted octanol–water partition coefficient (Wildman–Crippen LogP) is 1.55. The fraction of sp³-hybridized carbons (Fsp3) is 0.533. The Hall–Kier alpha value is -2.15. The second kappa shape index (κ2) is 5.92. The van der Waals surface area contributed by atoms with Gasteiger partial charge in [0.2, 0.25) is 11.7 Å². The summed E-state index contributed by atoms with van der Waals surface area (Å²) >= 11 is 0. The van der Waals surface area contributed by atoms with Gasteiger partial charge in [-0.3, -0.25) is 9.69 Å². The fourth-order valence-electron chi connectivity index (χ4n) is 2.53. The van der Waals surface area contributed by atoms with Gasteiger partial charge in [0.05, 0.1) is 17.9 Å². The molecule has 0 unspecified atom stereocenters. The first-order valence-corrected chi connectivity index (χ1v) is 7.41. The summed E-state index contributed by atoms with van der Waals surface area (Å²) in [5.74, 6) is 1.82. The molecule has 1 fully saturated rings. The lowest BCUT2D eigenvalue weighted by Gasteiger charge is -2.33. The van der Waals surface area contributed by atoms with E-state index in [4.69, 9.17) is 8.94 Å². The number of amides is 1. The molecule has 1 amide bonds. The Morgan fingerprint density at radius 3 is 2.50 bits per heavy atom. The van der Waals surface area contributed by atoms with E-state index in [2.05, 4.69) is 15.0 Å². The van der Waals surface area contributed by atoms with Crippen molar-refractivity contribution >= 4 is 5.91 Å². The molecule has 0 N–H and O–H groups in total. The molecule has 118 valence electrons. The predicted molar refractivity (Wildman–Crippen MR) is 78.4 cm³/mol. The van der Waals surface area contributed by atoms with Crippen LogP contribution in [-0.4, -0.2) is 52.0 Å². The van der Waals surface area contributed by atoms with Gasteiger partial charge in [-0.25, -0.2) is 4.98 Å². The zero-order valence-electron chi connectivity index (χ0n) is 13.1. The largest absolute Gasteiger partial charge is 0.444 e. The van der Waals surface area contributed by atoms with Crippen LogP contribution in [0.4, 0.5) is 0 Å². The Morgan fingerprint density at radius 2 is 1.95 bits per heavy atom. The maximum Gasteiger partial charge on any atom is 0.292 e. The van der Waals surface area contributed by atoms with Crippen LogP contribution in [0.3, 0.4) is 0 Å². The summed E-state index contributed by atoms with van der Waals surface area (Å²) in [4.78, 5) is 20.7. The van der Waals surface area contributed by atoms with Crippen molar-refractivity contribution in [2.24, 2.45) is 0 Å². The van der Waals surface area contributed by atoms with Crippen LogP contribution in [0.2, 0.25) is 0 Å². The van der Waals surface area contributed by atoms with E-state index in [1.54, 1.807) is 17.9 Å². The van der Waals surface area contributed by atoms with Gasteiger partial charge in [0.15, 0.2) is 0 Å². The highest BCUT2D eigenvalue weighted by Gasteiger charge is 2.25. The Kier molecular flexibility index (Phi) is 3.98. The van der Waals surface area contributed by atoms with E-state index in [0.29, 0.717) is 25.4 Å². The number of hydrogen-bond acceptors (Lipinski definition) is 6. The van der Waals surface area contributed by atoms with Crippen LogP contribution in [0.5, 0.6) is 0 Å². The molecule has 7 nitrogen and oxygen atoms in total. The number of piperazine rings is 1. The molecule has 7 heteroatoms. The molecule has 0 atom stereocenters. The zero-order valence-corrected chi connectivity index (χ0v) is 13.1. The lowest BCUT2D eigenvalue weighted by atomic mass is 10.2. The average Bonchev–Trinajstić information content (AvgIpc) is 3.06. The van der Waals surface area contributed by atoms with Gasteiger partial charge in [-0.2, -0.15) is 0 Å². The van der Waals surface area contributed by atoms with E-state index >= 15 is 0 Å². The first-order chi connectivity index (χ1) is 10.5. The van der Waals surface area contributed by atoms with E-state index in [0.717, 1.165) is 36.1 Å². The van der Waals surface area contributed by atoms with Gasteiger partial charge in [0.25, 0.3) is 5.91 Å². The van der Waals surface area contributed by atoms with Crippen LogP contribution in [0.1, 0.15) is 33.6 Å². The van der Waals surface area contributed by atoms with Crippen molar-refractivity contribution in [3.05, 3.63) is 34.9 Å². The number of aryl methyl sites for hydroxylation is 3. The van der Waals surface area contributed by atoms with Crippen LogP contribution in [0.15, 0.2) is 15.0 Å². The van der Waals surface area contributed by atoms with Crippen molar-refractivity contribution in [2.45, 2.75) is 27.3 Å². The van der Waals surface area contributed by atoms with Gasteiger partial charge in [-0.1, -0.05) is 5.16 Å². The number of carbonyl (C=O) groups is 1. The van der Waals surface area contributed by atoms with Crippen LogP contribution >= 0.6 is 0 Å². The Labute approximate surface area is 128 Å². The SMILES string of the molecule is Cc1cc(C(=O)N2CCN(Cc3nc(C)c(C)o3)CC2)on1. The van der Waals surface area contributed by atoms with Gasteiger partial charge in [0, 0.05) is 32.2 Å². The van der Waals surface area contributed by atoms with Crippen molar-refractivity contribution in [1.29, 1.82) is 0 Å². The summed E-state index contributed by atoms with van der Waals surface area (Å²) in [6.07, 6.45) is 0. The molecule has 3 heterocycles. The highest BCUT2D eigenvalue weighted by atomic mass is 16.5. The summed E-state index contributed by atoms with van der Waals surface area (Å²) in [7, 11) is 0. The number of hydrogen-bond donors (Lipinski definition) is 0. The molecule has 0 spiro atoms. The third-order valence-corrected chi connectivity index (χ3v) is 3.93. The van der Waals surface area contributed by atoms with E-state index in [-0.39, 0.29) is 5.91 Å². The molecule has 0 bridgehead atoms. The van der Waals surface area contributed by atoms with Gasteiger partial charge in [-0.05, 0) is 20.8 Å². The van der Waals surface area contributed by atoms with Gasteiger partial charge in [-0.15, -0.1) is 0 Å². The molecule has 22 heavy (non-hydrogen) atoms.